The maximum absolute atomic E-state index is 12.2. The van der Waals surface area contributed by atoms with E-state index in [1.54, 1.807) is 0 Å². The molecule has 0 unspecified atom stereocenters. The fourth-order valence-corrected chi connectivity index (χ4v) is 3.70. The predicted molar refractivity (Wildman–Crippen MR) is 107 cm³/mol. The zero-order valence-electron chi connectivity index (χ0n) is 16.1. The summed E-state index contributed by atoms with van der Waals surface area (Å²) in [4.78, 5) is 12.2. The molecular formula is C23H29NO3. The fraction of sp³-hybridized carbons (Fsp3) is 0.435. The summed E-state index contributed by atoms with van der Waals surface area (Å²) in [6.07, 6.45) is 2.78. The molecule has 2 aromatic carbocycles. The highest BCUT2D eigenvalue weighted by Crippen LogP contribution is 2.28. The SMILES string of the molecule is Cc1ccc(C[C@H]2CCC[C@H](N)C(=O)O[C@@H](C)[C@@H]2Oc2ccccc2)cc1. The molecule has 0 amide bonds. The topological polar surface area (TPSA) is 61.6 Å². The van der Waals surface area contributed by atoms with Crippen LogP contribution in [0.2, 0.25) is 0 Å². The number of carbonyl (C=O) groups is 1. The molecule has 1 aliphatic rings. The first-order valence-electron chi connectivity index (χ1n) is 9.76. The molecule has 4 nitrogen and oxygen atoms in total. The van der Waals surface area contributed by atoms with Crippen molar-refractivity contribution in [3.8, 4) is 5.75 Å². The van der Waals surface area contributed by atoms with E-state index in [-0.39, 0.29) is 24.1 Å². The van der Waals surface area contributed by atoms with Gasteiger partial charge in [-0.05, 0) is 50.8 Å². The van der Waals surface area contributed by atoms with E-state index >= 15 is 0 Å². The van der Waals surface area contributed by atoms with E-state index in [4.69, 9.17) is 15.2 Å². The van der Waals surface area contributed by atoms with Gasteiger partial charge in [-0.15, -0.1) is 0 Å². The van der Waals surface area contributed by atoms with Crippen molar-refractivity contribution in [3.05, 3.63) is 65.7 Å². The van der Waals surface area contributed by atoms with Gasteiger partial charge in [-0.25, -0.2) is 0 Å². The molecule has 4 heteroatoms. The van der Waals surface area contributed by atoms with Crippen LogP contribution in [-0.2, 0) is 16.0 Å². The van der Waals surface area contributed by atoms with Crippen molar-refractivity contribution < 1.29 is 14.3 Å². The number of benzene rings is 2. The third-order valence-electron chi connectivity index (χ3n) is 5.26. The van der Waals surface area contributed by atoms with Gasteiger partial charge < -0.3 is 15.2 Å². The van der Waals surface area contributed by atoms with Crippen molar-refractivity contribution in [3.63, 3.8) is 0 Å². The van der Waals surface area contributed by atoms with E-state index in [0.717, 1.165) is 25.0 Å². The molecule has 144 valence electrons. The maximum atomic E-state index is 12.2. The number of esters is 1. The Morgan fingerprint density at radius 2 is 1.78 bits per heavy atom. The summed E-state index contributed by atoms with van der Waals surface area (Å²) >= 11 is 0. The number of hydrogen-bond acceptors (Lipinski definition) is 4. The Hall–Kier alpha value is -2.33. The van der Waals surface area contributed by atoms with E-state index in [1.807, 2.05) is 37.3 Å². The number of para-hydroxylation sites is 1. The van der Waals surface area contributed by atoms with Crippen LogP contribution in [0.3, 0.4) is 0 Å². The Morgan fingerprint density at radius 3 is 2.48 bits per heavy atom. The van der Waals surface area contributed by atoms with Crippen molar-refractivity contribution in [2.24, 2.45) is 11.7 Å². The van der Waals surface area contributed by atoms with Crippen LogP contribution in [0.15, 0.2) is 54.6 Å². The van der Waals surface area contributed by atoms with Crippen LogP contribution in [-0.4, -0.2) is 24.2 Å². The molecule has 0 radical (unpaired) electrons. The summed E-state index contributed by atoms with van der Waals surface area (Å²) < 4.78 is 12.0. The normalized spacial score (nSPS) is 26.4. The van der Waals surface area contributed by atoms with E-state index < -0.39 is 6.04 Å². The Labute approximate surface area is 161 Å². The molecule has 0 aromatic heterocycles. The average Bonchev–Trinajstić information content (AvgIpc) is 2.71. The minimum atomic E-state index is -0.553. The molecule has 0 spiro atoms. The number of nitrogens with two attached hydrogens (primary N) is 1. The first-order valence-corrected chi connectivity index (χ1v) is 9.76. The van der Waals surface area contributed by atoms with Gasteiger partial charge in [-0.1, -0.05) is 54.4 Å². The van der Waals surface area contributed by atoms with E-state index in [1.165, 1.54) is 11.1 Å². The van der Waals surface area contributed by atoms with Crippen LogP contribution in [0.1, 0.15) is 37.3 Å². The highest BCUT2D eigenvalue weighted by Gasteiger charge is 2.34. The number of carbonyl (C=O) groups excluding carboxylic acids is 1. The van der Waals surface area contributed by atoms with Gasteiger partial charge in [0, 0.05) is 5.92 Å². The molecule has 1 aliphatic heterocycles. The number of aryl methyl sites for hydroxylation is 1. The van der Waals surface area contributed by atoms with Gasteiger partial charge in [0.25, 0.3) is 0 Å². The van der Waals surface area contributed by atoms with Crippen molar-refractivity contribution in [2.75, 3.05) is 0 Å². The summed E-state index contributed by atoms with van der Waals surface area (Å²) in [5, 5.41) is 0. The van der Waals surface area contributed by atoms with Crippen molar-refractivity contribution in [1.82, 2.24) is 0 Å². The molecule has 2 N–H and O–H groups in total. The number of cyclic esters (lactones) is 1. The highest BCUT2D eigenvalue weighted by atomic mass is 16.6. The van der Waals surface area contributed by atoms with E-state index in [9.17, 15) is 4.79 Å². The summed E-state index contributed by atoms with van der Waals surface area (Å²) in [6, 6.07) is 17.8. The molecule has 3 rings (SSSR count). The minimum Gasteiger partial charge on any atom is -0.486 e. The van der Waals surface area contributed by atoms with Crippen LogP contribution < -0.4 is 10.5 Å². The zero-order valence-corrected chi connectivity index (χ0v) is 16.1. The molecule has 0 aliphatic carbocycles. The summed E-state index contributed by atoms with van der Waals surface area (Å²) in [6.45, 7) is 4.00. The minimum absolute atomic E-state index is 0.219. The quantitative estimate of drug-likeness (QED) is 0.829. The lowest BCUT2D eigenvalue weighted by atomic mass is 9.86. The second-order valence-corrected chi connectivity index (χ2v) is 7.52. The lowest BCUT2D eigenvalue weighted by Gasteiger charge is -2.31. The third kappa shape index (κ3) is 5.33. The molecule has 27 heavy (non-hydrogen) atoms. The predicted octanol–water partition coefficient (Wildman–Crippen LogP) is 4.04. The van der Waals surface area contributed by atoms with Gasteiger partial charge in [0.2, 0.25) is 0 Å². The average molecular weight is 367 g/mol. The second kappa shape index (κ2) is 9.05. The van der Waals surface area contributed by atoms with Gasteiger partial charge in [-0.2, -0.15) is 0 Å². The van der Waals surface area contributed by atoms with Crippen LogP contribution in [0.4, 0.5) is 0 Å². The molecule has 0 saturated carbocycles. The second-order valence-electron chi connectivity index (χ2n) is 7.52. The first-order chi connectivity index (χ1) is 13.0. The number of ether oxygens (including phenoxy) is 2. The van der Waals surface area contributed by atoms with E-state index in [2.05, 4.69) is 31.2 Å². The maximum Gasteiger partial charge on any atom is 0.323 e. The highest BCUT2D eigenvalue weighted by molar-refractivity contribution is 5.75. The van der Waals surface area contributed by atoms with E-state index in [0.29, 0.717) is 6.42 Å². The zero-order chi connectivity index (χ0) is 19.2. The monoisotopic (exact) mass is 367 g/mol. The van der Waals surface area contributed by atoms with Crippen LogP contribution in [0.5, 0.6) is 5.75 Å². The lowest BCUT2D eigenvalue weighted by molar-refractivity contribution is -0.155. The summed E-state index contributed by atoms with van der Waals surface area (Å²) in [5.41, 5.74) is 8.50. The van der Waals surface area contributed by atoms with Crippen LogP contribution >= 0.6 is 0 Å². The fourth-order valence-electron chi connectivity index (χ4n) is 3.70. The Morgan fingerprint density at radius 1 is 1.07 bits per heavy atom. The molecule has 2 aromatic rings. The third-order valence-corrected chi connectivity index (χ3v) is 5.26. The molecule has 1 fully saturated rings. The standard InChI is InChI=1S/C23H29NO3/c1-16-11-13-18(14-12-16)15-19-7-6-10-21(24)23(25)26-17(2)22(19)27-20-8-4-3-5-9-20/h3-5,8-9,11-14,17,19,21-22H,6-7,10,15,24H2,1-2H3/t17-,19+,21-,22-/m0/s1. The smallest absolute Gasteiger partial charge is 0.323 e. The van der Waals surface area contributed by atoms with Gasteiger partial charge in [0.1, 0.15) is 24.0 Å². The molecule has 0 bridgehead atoms. The molecule has 1 heterocycles. The Balaban J connectivity index is 1.85. The van der Waals surface area contributed by atoms with Crippen molar-refractivity contribution in [1.29, 1.82) is 0 Å². The molecular weight excluding hydrogens is 338 g/mol. The largest absolute Gasteiger partial charge is 0.486 e. The van der Waals surface area contributed by atoms with Crippen molar-refractivity contribution >= 4 is 5.97 Å². The molecule has 4 atom stereocenters. The van der Waals surface area contributed by atoms with Crippen LogP contribution in [0.25, 0.3) is 0 Å². The van der Waals surface area contributed by atoms with Crippen molar-refractivity contribution in [2.45, 2.75) is 57.8 Å². The van der Waals surface area contributed by atoms with Crippen LogP contribution in [0, 0.1) is 12.8 Å². The summed E-state index contributed by atoms with van der Waals surface area (Å²) in [7, 11) is 0. The Kier molecular flexibility index (Phi) is 6.51. The Bertz CT molecular complexity index is 729. The number of hydrogen-bond donors (Lipinski definition) is 1. The van der Waals surface area contributed by atoms with Gasteiger partial charge in [0.15, 0.2) is 0 Å². The van der Waals surface area contributed by atoms with Gasteiger partial charge >= 0.3 is 5.97 Å². The molecule has 1 saturated heterocycles. The first kappa shape index (κ1) is 19.4. The number of rotatable bonds is 4. The van der Waals surface area contributed by atoms with Gasteiger partial charge in [-0.3, -0.25) is 4.79 Å². The van der Waals surface area contributed by atoms with Gasteiger partial charge in [0.05, 0.1) is 0 Å². The summed E-state index contributed by atoms with van der Waals surface area (Å²) in [5.74, 6) is 0.698. The lowest BCUT2D eigenvalue weighted by Crippen LogP contribution is -2.42.